The molecule has 2 bridgehead atoms. The number of piperidine rings is 1. The average Bonchev–Trinajstić information content (AvgIpc) is 3.40. The summed E-state index contributed by atoms with van der Waals surface area (Å²) in [6.07, 6.45) is 6.92. The molecule has 3 heterocycles. The Morgan fingerprint density at radius 2 is 2.07 bits per heavy atom. The van der Waals surface area contributed by atoms with E-state index in [0.717, 1.165) is 25.1 Å². The van der Waals surface area contributed by atoms with Crippen molar-refractivity contribution in [3.8, 4) is 0 Å². The number of hydrogen-bond donors (Lipinski definition) is 1. The molecule has 2 aromatic rings. The molecule has 1 aliphatic heterocycles. The molecule has 28 heavy (non-hydrogen) atoms. The first kappa shape index (κ1) is 19.6. The number of aryl methyl sites for hydroxylation is 2. The summed E-state index contributed by atoms with van der Waals surface area (Å²) in [6.45, 7) is 3.97. The number of hydrogen-bond acceptors (Lipinski definition) is 5. The minimum atomic E-state index is -3.47. The Morgan fingerprint density at radius 1 is 1.32 bits per heavy atom. The number of thiophene rings is 1. The fraction of sp³-hybridized carbons (Fsp3) is 0.579. The molecule has 0 radical (unpaired) electrons. The molecule has 9 heteroatoms. The van der Waals surface area contributed by atoms with Crippen LogP contribution in [0, 0.1) is 11.8 Å². The molecule has 1 amide bonds. The lowest BCUT2D eigenvalue weighted by molar-refractivity contribution is -0.133. The fourth-order valence-electron chi connectivity index (χ4n) is 4.50. The molecule has 2 fully saturated rings. The van der Waals surface area contributed by atoms with Crippen molar-refractivity contribution in [2.75, 3.05) is 13.1 Å². The van der Waals surface area contributed by atoms with E-state index < -0.39 is 10.0 Å². The largest absolute Gasteiger partial charge is 0.342 e. The van der Waals surface area contributed by atoms with Crippen LogP contribution in [0.25, 0.3) is 0 Å². The van der Waals surface area contributed by atoms with Crippen LogP contribution in [0.4, 0.5) is 0 Å². The zero-order valence-corrected chi connectivity index (χ0v) is 17.6. The second-order valence-corrected chi connectivity index (χ2v) is 10.5. The number of sulfonamides is 1. The highest BCUT2D eigenvalue weighted by Gasteiger charge is 2.45. The van der Waals surface area contributed by atoms with Gasteiger partial charge >= 0.3 is 0 Å². The number of imidazole rings is 1. The molecule has 1 aliphatic carbocycles. The van der Waals surface area contributed by atoms with Crippen LogP contribution >= 0.6 is 11.3 Å². The molecule has 2 aliphatic rings. The first-order chi connectivity index (χ1) is 13.5. The van der Waals surface area contributed by atoms with Crippen LogP contribution in [0.1, 0.15) is 32.0 Å². The molecule has 1 unspecified atom stereocenters. The molecular formula is C19H26N4O3S2. The third kappa shape index (κ3) is 3.88. The van der Waals surface area contributed by atoms with E-state index in [9.17, 15) is 13.2 Å². The van der Waals surface area contributed by atoms with Crippen molar-refractivity contribution < 1.29 is 13.2 Å². The number of nitrogens with zero attached hydrogens (tertiary/aromatic N) is 3. The number of amides is 1. The van der Waals surface area contributed by atoms with Gasteiger partial charge in [-0.3, -0.25) is 4.79 Å². The zero-order valence-electron chi connectivity index (χ0n) is 16.0. The number of likely N-dealkylation sites (tertiary alicyclic amines) is 1. The smallest absolute Gasteiger partial charge is 0.250 e. The van der Waals surface area contributed by atoms with E-state index in [1.807, 2.05) is 15.7 Å². The number of nitrogens with one attached hydrogen (secondary N) is 1. The molecule has 3 atom stereocenters. The monoisotopic (exact) mass is 422 g/mol. The molecule has 0 aromatic carbocycles. The Kier molecular flexibility index (Phi) is 5.57. The molecule has 1 saturated carbocycles. The lowest BCUT2D eigenvalue weighted by atomic mass is 9.93. The third-order valence-corrected chi connectivity index (χ3v) is 8.78. The van der Waals surface area contributed by atoms with Crippen LogP contribution in [-0.4, -0.2) is 47.9 Å². The molecule has 7 nitrogen and oxygen atoms in total. The highest BCUT2D eigenvalue weighted by Crippen LogP contribution is 2.38. The number of carbonyl (C=O) groups excluding carboxylic acids is 1. The van der Waals surface area contributed by atoms with Crippen molar-refractivity contribution in [1.29, 1.82) is 0 Å². The van der Waals surface area contributed by atoms with Crippen LogP contribution in [0.15, 0.2) is 34.1 Å². The Bertz CT molecular complexity index is 909. The van der Waals surface area contributed by atoms with Crippen molar-refractivity contribution >= 4 is 27.3 Å². The van der Waals surface area contributed by atoms with E-state index in [1.165, 1.54) is 11.3 Å². The maximum absolute atomic E-state index is 12.7. The summed E-state index contributed by atoms with van der Waals surface area (Å²) < 4.78 is 30.5. The molecule has 152 valence electrons. The number of carbonyl (C=O) groups is 1. The van der Waals surface area contributed by atoms with Gasteiger partial charge in [-0.05, 0) is 36.1 Å². The van der Waals surface area contributed by atoms with Crippen LogP contribution in [0.5, 0.6) is 0 Å². The van der Waals surface area contributed by atoms with Crippen LogP contribution in [-0.2, 0) is 27.8 Å². The summed E-state index contributed by atoms with van der Waals surface area (Å²) in [4.78, 5) is 19.0. The van der Waals surface area contributed by atoms with Crippen molar-refractivity contribution in [3.63, 3.8) is 0 Å². The highest BCUT2D eigenvalue weighted by atomic mass is 32.2. The van der Waals surface area contributed by atoms with Crippen LogP contribution in [0.2, 0.25) is 0 Å². The number of rotatable bonds is 7. The summed E-state index contributed by atoms with van der Waals surface area (Å²) in [6, 6.07) is 3.31. The molecule has 4 rings (SSSR count). The van der Waals surface area contributed by atoms with Gasteiger partial charge in [-0.2, -0.15) is 0 Å². The Labute approximate surface area is 169 Å². The fourth-order valence-corrected chi connectivity index (χ4v) is 6.89. The van der Waals surface area contributed by atoms with Crippen LogP contribution in [0.3, 0.4) is 0 Å². The van der Waals surface area contributed by atoms with Gasteiger partial charge in [0.2, 0.25) is 15.9 Å². The lowest BCUT2D eigenvalue weighted by Crippen LogP contribution is -2.53. The van der Waals surface area contributed by atoms with Gasteiger partial charge in [-0.25, -0.2) is 18.1 Å². The van der Waals surface area contributed by atoms with E-state index >= 15 is 0 Å². The van der Waals surface area contributed by atoms with Gasteiger partial charge in [0.05, 0.1) is 0 Å². The predicted molar refractivity (Wildman–Crippen MR) is 107 cm³/mol. The van der Waals surface area contributed by atoms with E-state index in [4.69, 9.17) is 0 Å². The minimum Gasteiger partial charge on any atom is -0.342 e. The van der Waals surface area contributed by atoms with Gasteiger partial charge in [-0.1, -0.05) is 13.0 Å². The van der Waals surface area contributed by atoms with Crippen LogP contribution < -0.4 is 4.72 Å². The van der Waals surface area contributed by atoms with Gasteiger partial charge in [0.15, 0.2) is 0 Å². The first-order valence-corrected chi connectivity index (χ1v) is 12.2. The van der Waals surface area contributed by atoms with Crippen molar-refractivity contribution in [3.05, 3.63) is 35.7 Å². The Morgan fingerprint density at radius 3 is 2.71 bits per heavy atom. The van der Waals surface area contributed by atoms with E-state index in [0.29, 0.717) is 30.3 Å². The third-order valence-electron chi connectivity index (χ3n) is 5.92. The van der Waals surface area contributed by atoms with Gasteiger partial charge in [0.1, 0.15) is 10.0 Å². The highest BCUT2D eigenvalue weighted by molar-refractivity contribution is 7.91. The molecule has 1 N–H and O–H groups in total. The van der Waals surface area contributed by atoms with E-state index in [-0.39, 0.29) is 23.8 Å². The summed E-state index contributed by atoms with van der Waals surface area (Å²) in [5.74, 6) is 1.52. The molecule has 0 spiro atoms. The van der Waals surface area contributed by atoms with Crippen molar-refractivity contribution in [2.24, 2.45) is 11.8 Å². The number of aromatic nitrogens is 2. The average molecular weight is 423 g/mol. The minimum absolute atomic E-state index is 0.0727. The normalized spacial score (nSPS) is 24.6. The second-order valence-electron chi connectivity index (χ2n) is 7.62. The van der Waals surface area contributed by atoms with Gasteiger partial charge in [-0.15, -0.1) is 11.3 Å². The summed E-state index contributed by atoms with van der Waals surface area (Å²) in [5, 5.41) is 1.77. The predicted octanol–water partition coefficient (Wildman–Crippen LogP) is 2.11. The molecule has 1 saturated heterocycles. The summed E-state index contributed by atoms with van der Waals surface area (Å²) in [7, 11) is -3.47. The first-order valence-electron chi connectivity index (χ1n) is 9.81. The Hall–Kier alpha value is -1.71. The van der Waals surface area contributed by atoms with Crippen molar-refractivity contribution in [1.82, 2.24) is 19.2 Å². The zero-order chi connectivity index (χ0) is 19.7. The summed E-state index contributed by atoms with van der Waals surface area (Å²) in [5.41, 5.74) is 0. The van der Waals surface area contributed by atoms with E-state index in [1.54, 1.807) is 23.7 Å². The van der Waals surface area contributed by atoms with Crippen molar-refractivity contribution in [2.45, 2.75) is 49.4 Å². The maximum Gasteiger partial charge on any atom is 0.250 e. The number of fused-ring (bicyclic) bond motifs is 2. The molecule has 2 aromatic heterocycles. The SMILES string of the molecule is CCc1nccn1CCC(=O)N1C[C@H]2CC[C@@H](C1)C2NS(=O)(=O)c1cccs1. The van der Waals surface area contributed by atoms with Gasteiger partial charge in [0.25, 0.3) is 0 Å². The topological polar surface area (TPSA) is 84.3 Å². The second kappa shape index (κ2) is 7.96. The van der Waals surface area contributed by atoms with Gasteiger partial charge in [0, 0.05) is 50.9 Å². The standard InChI is InChI=1S/C19H26N4O3S2/c1-2-16-20-8-10-22(16)9-7-17(24)23-12-14-5-6-15(13-23)19(14)21-28(25,26)18-4-3-11-27-18/h3-4,8,10-11,14-15,19,21H,2,5-7,9,12-13H2,1H3/t14-,15+,19?. The van der Waals surface area contributed by atoms with E-state index in [2.05, 4.69) is 16.6 Å². The molecular weight excluding hydrogens is 396 g/mol. The van der Waals surface area contributed by atoms with Gasteiger partial charge < -0.3 is 9.47 Å². The lowest BCUT2D eigenvalue weighted by Gasteiger charge is -2.38. The maximum atomic E-state index is 12.7. The Balaban J connectivity index is 1.36. The quantitative estimate of drug-likeness (QED) is 0.741. The summed E-state index contributed by atoms with van der Waals surface area (Å²) >= 11 is 1.23.